The topological polar surface area (TPSA) is 69.9 Å². The van der Waals surface area contributed by atoms with E-state index in [2.05, 4.69) is 83.7 Å². The molecular weight excluding hydrogens is 496 g/mol. The van der Waals surface area contributed by atoms with Gasteiger partial charge in [-0.2, -0.15) is 0 Å². The van der Waals surface area contributed by atoms with Gasteiger partial charge in [0.15, 0.2) is 0 Å². The molecule has 0 aliphatic heterocycles. The zero-order valence-corrected chi connectivity index (χ0v) is 26.1. The molecule has 1 aromatic rings. The molecule has 0 amide bonds. The minimum Gasteiger partial charge on any atom is -0.400 e. The Bertz CT molecular complexity index is 1000. The summed E-state index contributed by atoms with van der Waals surface area (Å²) in [5, 5.41) is 26.8. The second kappa shape index (κ2) is 17.1. The predicted molar refractivity (Wildman–Crippen MR) is 169 cm³/mol. The molecule has 0 saturated heterocycles. The Morgan fingerprint density at radius 3 is 2.42 bits per heavy atom. The van der Waals surface area contributed by atoms with E-state index in [1.807, 2.05) is 0 Å². The first kappa shape index (κ1) is 34.2. The fourth-order valence-corrected chi connectivity index (χ4v) is 6.40. The maximum atomic E-state index is 9.93. The summed E-state index contributed by atoms with van der Waals surface area (Å²) in [6.45, 7) is 16.8. The van der Waals surface area contributed by atoms with Crippen LogP contribution in [-0.2, 0) is 4.74 Å². The molecule has 1 aromatic carbocycles. The molecule has 224 valence electrons. The van der Waals surface area contributed by atoms with Crippen molar-refractivity contribution >= 4 is 5.57 Å². The lowest BCUT2D eigenvalue weighted by Crippen LogP contribution is -2.28. The van der Waals surface area contributed by atoms with Gasteiger partial charge in [-0.3, -0.25) is 0 Å². The second-order valence-corrected chi connectivity index (χ2v) is 12.4. The summed E-state index contributed by atoms with van der Waals surface area (Å²) in [6, 6.07) is 10.5. The highest BCUT2D eigenvalue weighted by Gasteiger charge is 2.42. The van der Waals surface area contributed by atoms with Crippen LogP contribution < -0.4 is 0 Å². The third-order valence-corrected chi connectivity index (χ3v) is 8.87. The fraction of sp³-hybridized carbons (Fsp3) is 0.611. The largest absolute Gasteiger partial charge is 0.400 e. The van der Waals surface area contributed by atoms with E-state index >= 15 is 0 Å². The lowest BCUT2D eigenvalue weighted by atomic mass is 9.67. The van der Waals surface area contributed by atoms with Crippen LogP contribution in [0.15, 0.2) is 71.4 Å². The highest BCUT2D eigenvalue weighted by Crippen LogP contribution is 2.54. The van der Waals surface area contributed by atoms with E-state index in [-0.39, 0.29) is 0 Å². The van der Waals surface area contributed by atoms with Gasteiger partial charge in [-0.15, -0.1) is 0 Å². The SMILES string of the molecule is C=C1/C(=C\C=C2/CCCC3(C)CCC[C@@H]23)C[C@@H](O)C[C@@H]1O.CC/C(C)=C(/COCC(C)C)c1ccccc1.CO. The zero-order chi connectivity index (χ0) is 29.7. The van der Waals surface area contributed by atoms with Crippen LogP contribution in [0.4, 0.5) is 0 Å². The molecule has 4 atom stereocenters. The van der Waals surface area contributed by atoms with Gasteiger partial charge in [0.25, 0.3) is 0 Å². The second-order valence-electron chi connectivity index (χ2n) is 12.4. The molecule has 3 aliphatic carbocycles. The van der Waals surface area contributed by atoms with Crippen molar-refractivity contribution in [1.29, 1.82) is 0 Å². The van der Waals surface area contributed by atoms with Crippen molar-refractivity contribution in [2.24, 2.45) is 17.3 Å². The van der Waals surface area contributed by atoms with Crippen LogP contribution in [0.25, 0.3) is 5.57 Å². The maximum absolute atomic E-state index is 9.93. The highest BCUT2D eigenvalue weighted by atomic mass is 16.5. The van der Waals surface area contributed by atoms with E-state index in [1.165, 1.54) is 55.2 Å². The minimum atomic E-state index is -0.582. The number of benzene rings is 1. The molecule has 0 aromatic heterocycles. The number of allylic oxidation sites excluding steroid dienone is 4. The van der Waals surface area contributed by atoms with Crippen molar-refractivity contribution in [1.82, 2.24) is 0 Å². The van der Waals surface area contributed by atoms with Gasteiger partial charge >= 0.3 is 0 Å². The van der Waals surface area contributed by atoms with Crippen LogP contribution in [0, 0.1) is 17.3 Å². The minimum absolute atomic E-state index is 0.424. The molecule has 40 heavy (non-hydrogen) atoms. The molecule has 4 nitrogen and oxygen atoms in total. The third kappa shape index (κ3) is 9.83. The molecule has 3 aliphatic rings. The van der Waals surface area contributed by atoms with Gasteiger partial charge < -0.3 is 20.1 Å². The Kier molecular flexibility index (Phi) is 14.6. The summed E-state index contributed by atoms with van der Waals surface area (Å²) in [5.41, 5.74) is 7.96. The van der Waals surface area contributed by atoms with Gasteiger partial charge in [0, 0.05) is 20.1 Å². The lowest BCUT2D eigenvalue weighted by molar-refractivity contribution is 0.0862. The van der Waals surface area contributed by atoms with Crippen molar-refractivity contribution in [2.75, 3.05) is 20.3 Å². The van der Waals surface area contributed by atoms with Crippen LogP contribution >= 0.6 is 0 Å². The van der Waals surface area contributed by atoms with Crippen molar-refractivity contribution in [3.8, 4) is 0 Å². The van der Waals surface area contributed by atoms with E-state index in [0.717, 1.165) is 43.8 Å². The van der Waals surface area contributed by atoms with Crippen LogP contribution in [0.2, 0.25) is 0 Å². The Labute approximate surface area is 244 Å². The molecule has 0 spiro atoms. The average Bonchev–Trinajstić information content (AvgIpc) is 3.36. The number of hydrogen-bond acceptors (Lipinski definition) is 4. The Morgan fingerprint density at radius 2 is 1.77 bits per heavy atom. The molecule has 4 heteroatoms. The monoisotopic (exact) mass is 552 g/mol. The van der Waals surface area contributed by atoms with Gasteiger partial charge in [-0.05, 0) is 91.4 Å². The first-order chi connectivity index (χ1) is 19.1. The molecule has 1 unspecified atom stereocenters. The fourth-order valence-electron chi connectivity index (χ4n) is 6.40. The molecule has 0 radical (unpaired) electrons. The number of fused-ring (bicyclic) bond motifs is 1. The van der Waals surface area contributed by atoms with Gasteiger partial charge in [-0.1, -0.05) is 94.3 Å². The summed E-state index contributed by atoms with van der Waals surface area (Å²) < 4.78 is 5.78. The first-order valence-electron chi connectivity index (χ1n) is 15.4. The molecule has 0 heterocycles. The molecule has 3 saturated carbocycles. The van der Waals surface area contributed by atoms with Crippen molar-refractivity contribution in [3.05, 3.63) is 76.9 Å². The summed E-state index contributed by atoms with van der Waals surface area (Å²) in [4.78, 5) is 0. The third-order valence-electron chi connectivity index (χ3n) is 8.87. The van der Waals surface area contributed by atoms with E-state index in [1.54, 1.807) is 5.57 Å². The van der Waals surface area contributed by atoms with Crippen LogP contribution in [0.5, 0.6) is 0 Å². The van der Waals surface area contributed by atoms with Gasteiger partial charge in [0.1, 0.15) is 0 Å². The van der Waals surface area contributed by atoms with Crippen LogP contribution in [0.3, 0.4) is 0 Å². The predicted octanol–water partition coefficient (Wildman–Crippen LogP) is 8.05. The van der Waals surface area contributed by atoms with Crippen molar-refractivity contribution in [2.45, 2.75) is 105 Å². The number of rotatable bonds is 7. The molecule has 3 fully saturated rings. The molecular formula is C36H56O4. The number of aliphatic hydroxyl groups excluding tert-OH is 3. The average molecular weight is 553 g/mol. The van der Waals surface area contributed by atoms with E-state index in [0.29, 0.717) is 24.2 Å². The Hall–Kier alpha value is -1.98. The number of hydrogen-bond donors (Lipinski definition) is 3. The summed E-state index contributed by atoms with van der Waals surface area (Å²) in [6.07, 6.45) is 13.5. The standard InChI is InChI=1S/C19H28O2.C16H24O.CH4O/c1-13-15(11-16(20)12-18(13)21)8-7-14-5-3-9-19(2)10-4-6-17(14)19;1-5-14(4)16(12-17-11-13(2)3)15-9-7-6-8-10-15;1-2/h7-8,16-18,20-21H,1,3-6,9-12H2,2H3;6-10,13H,5,11-12H2,1-4H3;2H,1H3/b14-7+,15-8-;16-14-;/t16-,17+,18+,19?;;/m1../s1. The lowest BCUT2D eigenvalue weighted by Gasteiger charge is -2.38. The Balaban J connectivity index is 0.000000270. The van der Waals surface area contributed by atoms with Gasteiger partial charge in [0.2, 0.25) is 0 Å². The van der Waals surface area contributed by atoms with Crippen LogP contribution in [0.1, 0.15) is 98.0 Å². The quantitative estimate of drug-likeness (QED) is 0.320. The number of aliphatic hydroxyl groups is 3. The van der Waals surface area contributed by atoms with E-state index < -0.39 is 12.2 Å². The highest BCUT2D eigenvalue weighted by molar-refractivity contribution is 5.69. The zero-order valence-electron chi connectivity index (χ0n) is 26.1. The van der Waals surface area contributed by atoms with Crippen LogP contribution in [-0.4, -0.2) is 47.9 Å². The van der Waals surface area contributed by atoms with Gasteiger partial charge in [-0.25, -0.2) is 0 Å². The first-order valence-corrected chi connectivity index (χ1v) is 15.4. The van der Waals surface area contributed by atoms with Crippen molar-refractivity contribution < 1.29 is 20.1 Å². The molecule has 4 rings (SSSR count). The normalized spacial score (nSPS) is 28.9. The van der Waals surface area contributed by atoms with E-state index in [9.17, 15) is 10.2 Å². The maximum Gasteiger partial charge on any atom is 0.0811 e. The van der Waals surface area contributed by atoms with Crippen molar-refractivity contribution in [3.63, 3.8) is 0 Å². The number of ether oxygens (including phenoxy) is 1. The molecule has 3 N–H and O–H groups in total. The Morgan fingerprint density at radius 1 is 1.10 bits per heavy atom. The summed E-state index contributed by atoms with van der Waals surface area (Å²) in [7, 11) is 1.00. The summed E-state index contributed by atoms with van der Waals surface area (Å²) in [5.74, 6) is 1.34. The smallest absolute Gasteiger partial charge is 0.0811 e. The molecule has 0 bridgehead atoms. The van der Waals surface area contributed by atoms with Gasteiger partial charge in [0.05, 0.1) is 18.8 Å². The van der Waals surface area contributed by atoms with E-state index in [4.69, 9.17) is 9.84 Å². The summed E-state index contributed by atoms with van der Waals surface area (Å²) >= 11 is 0.